The number of benzene rings is 1. The molecule has 1 aromatic carbocycles. The number of nitrogens with zero attached hydrogens (tertiary/aromatic N) is 2. The summed E-state index contributed by atoms with van der Waals surface area (Å²) in [5, 5.41) is 5.40. The highest BCUT2D eigenvalue weighted by Crippen LogP contribution is 2.32. The smallest absolute Gasteiger partial charge is 0.342 e. The Hall–Kier alpha value is -2.64. The van der Waals surface area contributed by atoms with Gasteiger partial charge in [0, 0.05) is 13.1 Å². The first-order valence-electron chi connectivity index (χ1n) is 10.0. The molecule has 0 aliphatic rings. The fourth-order valence-electron chi connectivity index (χ4n) is 2.85. The third kappa shape index (κ3) is 5.58. The van der Waals surface area contributed by atoms with Gasteiger partial charge in [-0.25, -0.2) is 13.2 Å². The van der Waals surface area contributed by atoms with Crippen molar-refractivity contribution in [2.24, 2.45) is 0 Å². The topological polar surface area (TPSA) is 148 Å². The molecule has 1 heterocycles. The zero-order chi connectivity index (χ0) is 24.1. The van der Waals surface area contributed by atoms with E-state index in [0.29, 0.717) is 0 Å². The number of carbonyl (C=O) groups excluding carboxylic acids is 1. The summed E-state index contributed by atoms with van der Waals surface area (Å²) in [5.41, 5.74) is -0.381. The number of anilines is 1. The number of aromatic nitrogens is 2. The first kappa shape index (κ1) is 25.6. The Morgan fingerprint density at radius 1 is 1.16 bits per heavy atom. The lowest BCUT2D eigenvalue weighted by Crippen LogP contribution is -2.30. The largest absolute Gasteiger partial charge is 0.489 e. The van der Waals surface area contributed by atoms with Crippen molar-refractivity contribution in [3.8, 4) is 5.75 Å². The highest BCUT2D eigenvalue weighted by atomic mass is 32.2. The Bertz CT molecular complexity index is 1150. The molecule has 0 unspecified atom stereocenters. The molecule has 2 rings (SSSR count). The lowest BCUT2D eigenvalue weighted by atomic mass is 10.3. The number of H-pyrrole nitrogens is 1. The number of carbonyl (C=O) groups is 1. The Balaban J connectivity index is 2.56. The molecule has 2 N–H and O–H groups in total. The quantitative estimate of drug-likeness (QED) is 0.458. The molecule has 2 aromatic rings. The predicted molar refractivity (Wildman–Crippen MR) is 118 cm³/mol. The van der Waals surface area contributed by atoms with Gasteiger partial charge in [0.25, 0.3) is 10.0 Å². The summed E-state index contributed by atoms with van der Waals surface area (Å²) < 4.78 is 66.0. The van der Waals surface area contributed by atoms with Gasteiger partial charge in [-0.15, -0.1) is 0 Å². The Morgan fingerprint density at radius 2 is 1.81 bits per heavy atom. The molecule has 11 nitrogen and oxygen atoms in total. The van der Waals surface area contributed by atoms with Crippen LogP contribution in [0.15, 0.2) is 34.3 Å². The zero-order valence-electron chi connectivity index (χ0n) is 18.6. The van der Waals surface area contributed by atoms with Gasteiger partial charge >= 0.3 is 5.97 Å². The number of rotatable bonds is 11. The van der Waals surface area contributed by atoms with Crippen LogP contribution in [-0.2, 0) is 24.8 Å². The minimum atomic E-state index is -4.37. The second-order valence-corrected chi connectivity index (χ2v) is 10.4. The second-order valence-electron chi connectivity index (χ2n) is 6.85. The molecule has 0 saturated heterocycles. The van der Waals surface area contributed by atoms with Crippen LogP contribution in [0.5, 0.6) is 5.75 Å². The van der Waals surface area contributed by atoms with Gasteiger partial charge in [-0.2, -0.15) is 17.8 Å². The summed E-state index contributed by atoms with van der Waals surface area (Å²) in [6.07, 6.45) is 0.727. The van der Waals surface area contributed by atoms with Crippen molar-refractivity contribution >= 4 is 31.7 Å². The summed E-state index contributed by atoms with van der Waals surface area (Å²) in [6.45, 7) is 9.03. The van der Waals surface area contributed by atoms with Crippen LogP contribution in [-0.4, -0.2) is 63.1 Å². The highest BCUT2D eigenvalue weighted by Gasteiger charge is 2.29. The summed E-state index contributed by atoms with van der Waals surface area (Å²) in [7, 11) is -8.23. The van der Waals surface area contributed by atoms with E-state index in [9.17, 15) is 21.6 Å². The van der Waals surface area contributed by atoms with Crippen LogP contribution in [0.3, 0.4) is 0 Å². The van der Waals surface area contributed by atoms with E-state index < -0.39 is 31.0 Å². The fourth-order valence-corrected chi connectivity index (χ4v) is 5.48. The van der Waals surface area contributed by atoms with E-state index in [1.54, 1.807) is 34.6 Å². The van der Waals surface area contributed by atoms with Crippen molar-refractivity contribution in [1.29, 1.82) is 0 Å². The number of aromatic amines is 1. The van der Waals surface area contributed by atoms with E-state index in [0.717, 1.165) is 6.20 Å². The van der Waals surface area contributed by atoms with Crippen LogP contribution in [0.2, 0.25) is 0 Å². The minimum absolute atomic E-state index is 0.0502. The van der Waals surface area contributed by atoms with E-state index in [1.165, 1.54) is 22.5 Å². The number of esters is 1. The Labute approximate surface area is 188 Å². The number of sulfonamides is 2. The Kier molecular flexibility index (Phi) is 8.26. The summed E-state index contributed by atoms with van der Waals surface area (Å²) >= 11 is 0. The molecule has 32 heavy (non-hydrogen) atoms. The number of nitrogens with one attached hydrogen (secondary N) is 2. The van der Waals surface area contributed by atoms with Crippen LogP contribution in [0, 0.1) is 0 Å². The van der Waals surface area contributed by atoms with Gasteiger partial charge in [-0.3, -0.25) is 9.82 Å². The second kappa shape index (κ2) is 10.3. The zero-order valence-corrected chi connectivity index (χ0v) is 20.2. The van der Waals surface area contributed by atoms with Gasteiger partial charge in [0.15, 0.2) is 5.03 Å². The maximum absolute atomic E-state index is 13.0. The van der Waals surface area contributed by atoms with Crippen molar-refractivity contribution in [3.05, 3.63) is 30.0 Å². The van der Waals surface area contributed by atoms with Crippen LogP contribution < -0.4 is 9.46 Å². The van der Waals surface area contributed by atoms with Crippen LogP contribution in [0.4, 0.5) is 5.69 Å². The molecule has 13 heteroatoms. The summed E-state index contributed by atoms with van der Waals surface area (Å²) in [4.78, 5) is 12.0. The molecule has 0 fully saturated rings. The van der Waals surface area contributed by atoms with E-state index in [-0.39, 0.29) is 47.7 Å². The van der Waals surface area contributed by atoms with Crippen molar-refractivity contribution in [3.63, 3.8) is 0 Å². The molecule has 1 aromatic heterocycles. The molecule has 0 spiro atoms. The normalized spacial score (nSPS) is 12.2. The van der Waals surface area contributed by atoms with Gasteiger partial charge in [0.05, 0.1) is 29.5 Å². The molecule has 178 valence electrons. The van der Waals surface area contributed by atoms with E-state index in [1.807, 2.05) is 0 Å². The molecular formula is C19H28N4O7S2. The van der Waals surface area contributed by atoms with Crippen molar-refractivity contribution in [2.45, 2.75) is 50.6 Å². The summed E-state index contributed by atoms with van der Waals surface area (Å²) in [5.74, 6) is -0.739. The lowest BCUT2D eigenvalue weighted by molar-refractivity contribution is 0.0522. The number of hydrogen-bond acceptors (Lipinski definition) is 8. The maximum Gasteiger partial charge on any atom is 0.342 e. The first-order chi connectivity index (χ1) is 15.0. The lowest BCUT2D eigenvalue weighted by Gasteiger charge is -2.21. The van der Waals surface area contributed by atoms with E-state index in [2.05, 4.69) is 14.9 Å². The van der Waals surface area contributed by atoms with Crippen molar-refractivity contribution in [1.82, 2.24) is 14.5 Å². The van der Waals surface area contributed by atoms with Crippen LogP contribution in [0.1, 0.15) is 45.0 Å². The standard InChI is InChI=1S/C19H28N4O7S2/c1-6-23(7-2)32(27,28)14-9-10-17(30-13(4)5)16(11-14)22-31(25,26)18-15(12-20-21-18)19(24)29-8-3/h9-13,22H,6-8H2,1-5H3,(H,20,21). The number of hydrogen-bond donors (Lipinski definition) is 2. The molecule has 0 aliphatic carbocycles. The molecule has 0 atom stereocenters. The van der Waals surface area contributed by atoms with E-state index >= 15 is 0 Å². The van der Waals surface area contributed by atoms with Gasteiger partial charge < -0.3 is 9.47 Å². The highest BCUT2D eigenvalue weighted by molar-refractivity contribution is 7.92. The summed E-state index contributed by atoms with van der Waals surface area (Å²) in [6, 6.07) is 3.92. The maximum atomic E-state index is 13.0. The fraction of sp³-hybridized carbons (Fsp3) is 0.474. The molecule has 0 amide bonds. The third-order valence-electron chi connectivity index (χ3n) is 4.27. The van der Waals surface area contributed by atoms with Gasteiger partial charge in [-0.1, -0.05) is 13.8 Å². The minimum Gasteiger partial charge on any atom is -0.489 e. The molecular weight excluding hydrogens is 460 g/mol. The van der Waals surface area contributed by atoms with Crippen molar-refractivity contribution in [2.75, 3.05) is 24.4 Å². The third-order valence-corrected chi connectivity index (χ3v) is 7.65. The SMILES string of the molecule is CCOC(=O)c1cn[nH]c1S(=O)(=O)Nc1cc(S(=O)(=O)N(CC)CC)ccc1OC(C)C. The molecule has 0 radical (unpaired) electrons. The molecule has 0 aliphatic heterocycles. The van der Waals surface area contributed by atoms with Gasteiger partial charge in [-0.05, 0) is 39.0 Å². The molecule has 0 bridgehead atoms. The predicted octanol–water partition coefficient (Wildman–Crippen LogP) is 2.20. The monoisotopic (exact) mass is 488 g/mol. The van der Waals surface area contributed by atoms with Gasteiger partial charge in [0.1, 0.15) is 11.3 Å². The van der Waals surface area contributed by atoms with Crippen molar-refractivity contribution < 1.29 is 31.1 Å². The first-order valence-corrected chi connectivity index (χ1v) is 12.9. The van der Waals surface area contributed by atoms with E-state index in [4.69, 9.17) is 9.47 Å². The van der Waals surface area contributed by atoms with Crippen LogP contribution in [0.25, 0.3) is 0 Å². The average molecular weight is 489 g/mol. The Morgan fingerprint density at radius 3 is 2.38 bits per heavy atom. The number of ether oxygens (including phenoxy) is 2. The molecule has 0 saturated carbocycles. The average Bonchev–Trinajstić information content (AvgIpc) is 3.21. The van der Waals surface area contributed by atoms with Crippen LogP contribution >= 0.6 is 0 Å². The van der Waals surface area contributed by atoms with Gasteiger partial charge in [0.2, 0.25) is 10.0 Å².